The lowest BCUT2D eigenvalue weighted by Gasteiger charge is -2.06. The monoisotopic (exact) mass is 360 g/mol. The van der Waals surface area contributed by atoms with Crippen LogP contribution in [-0.4, -0.2) is 21.0 Å². The van der Waals surface area contributed by atoms with Crippen molar-refractivity contribution in [2.75, 3.05) is 0 Å². The van der Waals surface area contributed by atoms with E-state index in [-0.39, 0.29) is 11.5 Å². The maximum absolute atomic E-state index is 14.1. The van der Waals surface area contributed by atoms with Crippen LogP contribution in [0.5, 0.6) is 0 Å². The molecule has 0 unspecified atom stereocenters. The number of aromatic amines is 1. The van der Waals surface area contributed by atoms with Crippen LogP contribution in [0.3, 0.4) is 0 Å². The lowest BCUT2D eigenvalue weighted by Crippen LogP contribution is -2.03. The van der Waals surface area contributed by atoms with Crippen molar-refractivity contribution in [2.45, 2.75) is 13.3 Å². The number of benzene rings is 2. The standard InChI is InChI=1S/C22H17FN2O2/c1-13-10-16-17(11-15-8-5-9-19(24-15)22(26)27)21(14-6-3-2-4-7-14)25-20(16)12-18(13)23/h2-10,12,25H,11H2,1H3,(H,26,27). The third kappa shape index (κ3) is 3.19. The minimum Gasteiger partial charge on any atom is -0.477 e. The number of carbonyl (C=O) groups is 1. The molecule has 0 saturated heterocycles. The zero-order valence-electron chi connectivity index (χ0n) is 14.7. The Kier molecular flexibility index (Phi) is 4.20. The Labute approximate surface area is 155 Å². The molecule has 0 aliphatic heterocycles. The second kappa shape index (κ2) is 6.68. The summed E-state index contributed by atoms with van der Waals surface area (Å²) in [5.74, 6) is -1.32. The maximum atomic E-state index is 14.1. The minimum absolute atomic E-state index is 0.0100. The average Bonchev–Trinajstić information content (AvgIpc) is 3.00. The molecule has 27 heavy (non-hydrogen) atoms. The van der Waals surface area contributed by atoms with Crippen LogP contribution in [0.1, 0.15) is 27.3 Å². The van der Waals surface area contributed by atoms with Gasteiger partial charge in [-0.25, -0.2) is 14.2 Å². The summed E-state index contributed by atoms with van der Waals surface area (Å²) in [6, 6.07) is 18.1. The minimum atomic E-state index is -1.06. The lowest BCUT2D eigenvalue weighted by atomic mass is 10.00. The highest BCUT2D eigenvalue weighted by Gasteiger charge is 2.16. The quantitative estimate of drug-likeness (QED) is 0.540. The summed E-state index contributed by atoms with van der Waals surface area (Å²) in [7, 11) is 0. The van der Waals surface area contributed by atoms with Crippen molar-refractivity contribution in [2.24, 2.45) is 0 Å². The van der Waals surface area contributed by atoms with Crippen molar-refractivity contribution in [3.05, 3.63) is 89.0 Å². The molecule has 2 heterocycles. The van der Waals surface area contributed by atoms with Gasteiger partial charge in [-0.3, -0.25) is 0 Å². The van der Waals surface area contributed by atoms with Gasteiger partial charge in [0.1, 0.15) is 11.5 Å². The van der Waals surface area contributed by atoms with Crippen molar-refractivity contribution < 1.29 is 14.3 Å². The molecule has 134 valence electrons. The molecule has 0 aliphatic rings. The molecule has 4 nitrogen and oxygen atoms in total. The third-order valence-corrected chi connectivity index (χ3v) is 4.63. The number of aryl methyl sites for hydroxylation is 1. The number of aromatic carboxylic acids is 1. The molecule has 0 aliphatic carbocycles. The van der Waals surface area contributed by atoms with Gasteiger partial charge in [-0.15, -0.1) is 0 Å². The predicted octanol–water partition coefficient (Wildman–Crippen LogP) is 4.97. The summed E-state index contributed by atoms with van der Waals surface area (Å²) < 4.78 is 14.1. The Bertz CT molecular complexity index is 1150. The van der Waals surface area contributed by atoms with E-state index in [1.807, 2.05) is 36.4 Å². The fraction of sp³-hybridized carbons (Fsp3) is 0.0909. The Morgan fingerprint density at radius 3 is 2.63 bits per heavy atom. The number of carboxylic acid groups (broad SMARTS) is 1. The summed E-state index contributed by atoms with van der Waals surface area (Å²) in [4.78, 5) is 18.8. The van der Waals surface area contributed by atoms with Gasteiger partial charge in [0, 0.05) is 23.0 Å². The Morgan fingerprint density at radius 2 is 1.89 bits per heavy atom. The van der Waals surface area contributed by atoms with E-state index in [4.69, 9.17) is 0 Å². The fourth-order valence-electron chi connectivity index (χ4n) is 3.29. The van der Waals surface area contributed by atoms with E-state index < -0.39 is 5.97 Å². The summed E-state index contributed by atoms with van der Waals surface area (Å²) in [5, 5.41) is 10.1. The van der Waals surface area contributed by atoms with Crippen LogP contribution in [0.15, 0.2) is 60.7 Å². The molecule has 2 N–H and O–H groups in total. The molecule has 0 saturated carbocycles. The van der Waals surface area contributed by atoms with Crippen molar-refractivity contribution in [1.29, 1.82) is 0 Å². The molecular weight excluding hydrogens is 343 g/mol. The molecule has 0 radical (unpaired) electrons. The topological polar surface area (TPSA) is 66.0 Å². The van der Waals surface area contributed by atoms with Crippen LogP contribution in [0.25, 0.3) is 22.2 Å². The largest absolute Gasteiger partial charge is 0.477 e. The number of aromatic nitrogens is 2. The zero-order chi connectivity index (χ0) is 19.0. The SMILES string of the molecule is Cc1cc2c(Cc3cccc(C(=O)O)n3)c(-c3ccccc3)[nH]c2cc1F. The van der Waals surface area contributed by atoms with Crippen LogP contribution in [-0.2, 0) is 6.42 Å². The van der Waals surface area contributed by atoms with Crippen LogP contribution < -0.4 is 0 Å². The van der Waals surface area contributed by atoms with Gasteiger partial charge in [0.15, 0.2) is 0 Å². The maximum Gasteiger partial charge on any atom is 0.354 e. The molecule has 2 aromatic heterocycles. The van der Waals surface area contributed by atoms with E-state index in [9.17, 15) is 14.3 Å². The number of fused-ring (bicyclic) bond motifs is 1. The van der Waals surface area contributed by atoms with E-state index >= 15 is 0 Å². The van der Waals surface area contributed by atoms with Crippen LogP contribution in [0, 0.1) is 12.7 Å². The van der Waals surface area contributed by atoms with Gasteiger partial charge in [0.05, 0.1) is 5.69 Å². The molecule has 0 fully saturated rings. The number of hydrogen-bond donors (Lipinski definition) is 2. The van der Waals surface area contributed by atoms with Gasteiger partial charge in [0.2, 0.25) is 0 Å². The Balaban J connectivity index is 1.90. The first-order chi connectivity index (χ1) is 13.0. The second-order valence-electron chi connectivity index (χ2n) is 6.49. The number of nitrogens with one attached hydrogen (secondary N) is 1. The molecule has 0 bridgehead atoms. The highest BCUT2D eigenvalue weighted by atomic mass is 19.1. The van der Waals surface area contributed by atoms with Gasteiger partial charge in [-0.1, -0.05) is 36.4 Å². The third-order valence-electron chi connectivity index (χ3n) is 4.63. The van der Waals surface area contributed by atoms with E-state index in [1.165, 1.54) is 12.1 Å². The first-order valence-electron chi connectivity index (χ1n) is 8.58. The van der Waals surface area contributed by atoms with Crippen LogP contribution >= 0.6 is 0 Å². The van der Waals surface area contributed by atoms with E-state index in [0.717, 1.165) is 22.2 Å². The number of nitrogens with zero attached hydrogens (tertiary/aromatic N) is 1. The number of H-pyrrole nitrogens is 1. The number of pyridine rings is 1. The number of halogens is 1. The van der Waals surface area contributed by atoms with Crippen molar-refractivity contribution in [3.63, 3.8) is 0 Å². The average molecular weight is 360 g/mol. The predicted molar refractivity (Wildman–Crippen MR) is 102 cm³/mol. The van der Waals surface area contributed by atoms with Gasteiger partial charge in [-0.2, -0.15) is 0 Å². The van der Waals surface area contributed by atoms with E-state index in [2.05, 4.69) is 9.97 Å². The lowest BCUT2D eigenvalue weighted by molar-refractivity contribution is 0.0690. The normalized spacial score (nSPS) is 11.0. The fourth-order valence-corrected chi connectivity index (χ4v) is 3.29. The smallest absolute Gasteiger partial charge is 0.354 e. The van der Waals surface area contributed by atoms with Crippen LogP contribution in [0.4, 0.5) is 4.39 Å². The highest BCUT2D eigenvalue weighted by Crippen LogP contribution is 2.33. The first kappa shape index (κ1) is 17.0. The van der Waals surface area contributed by atoms with Gasteiger partial charge < -0.3 is 10.1 Å². The Morgan fingerprint density at radius 1 is 1.11 bits per heavy atom. The molecule has 0 amide bonds. The molecule has 0 spiro atoms. The van der Waals surface area contributed by atoms with Gasteiger partial charge in [0.25, 0.3) is 0 Å². The van der Waals surface area contributed by atoms with Crippen molar-refractivity contribution in [3.8, 4) is 11.3 Å². The summed E-state index contributed by atoms with van der Waals surface area (Å²) in [5.41, 5.74) is 4.77. The Hall–Kier alpha value is -3.47. The van der Waals surface area contributed by atoms with Gasteiger partial charge in [-0.05, 0) is 47.9 Å². The summed E-state index contributed by atoms with van der Waals surface area (Å²) >= 11 is 0. The number of carboxylic acids is 1. The first-order valence-corrected chi connectivity index (χ1v) is 8.58. The molecular formula is C22H17FN2O2. The molecule has 2 aromatic carbocycles. The van der Waals surface area contributed by atoms with E-state index in [1.54, 1.807) is 19.1 Å². The molecule has 0 atom stereocenters. The summed E-state index contributed by atoms with van der Waals surface area (Å²) in [6.07, 6.45) is 0.441. The van der Waals surface area contributed by atoms with Gasteiger partial charge >= 0.3 is 5.97 Å². The zero-order valence-corrected chi connectivity index (χ0v) is 14.7. The highest BCUT2D eigenvalue weighted by molar-refractivity contribution is 5.92. The van der Waals surface area contributed by atoms with E-state index in [0.29, 0.717) is 23.2 Å². The van der Waals surface area contributed by atoms with Crippen LogP contribution in [0.2, 0.25) is 0 Å². The van der Waals surface area contributed by atoms with Crippen molar-refractivity contribution >= 4 is 16.9 Å². The molecule has 4 rings (SSSR count). The molecule has 4 aromatic rings. The molecule has 5 heteroatoms. The number of rotatable bonds is 4. The second-order valence-corrected chi connectivity index (χ2v) is 6.49. The number of hydrogen-bond acceptors (Lipinski definition) is 2. The van der Waals surface area contributed by atoms with Crippen molar-refractivity contribution in [1.82, 2.24) is 9.97 Å². The summed E-state index contributed by atoms with van der Waals surface area (Å²) in [6.45, 7) is 1.73.